The Labute approximate surface area is 133 Å². The van der Waals surface area contributed by atoms with Gasteiger partial charge in [0, 0.05) is 6.54 Å². The predicted octanol–water partition coefficient (Wildman–Crippen LogP) is 0.629. The van der Waals surface area contributed by atoms with E-state index in [0.29, 0.717) is 12.5 Å². The van der Waals surface area contributed by atoms with Gasteiger partial charge < -0.3 is 10.1 Å². The van der Waals surface area contributed by atoms with Crippen molar-refractivity contribution in [2.24, 2.45) is 5.92 Å². The zero-order chi connectivity index (χ0) is 14.6. The first-order valence-electron chi connectivity index (χ1n) is 6.27. The van der Waals surface area contributed by atoms with Crippen molar-refractivity contribution in [2.75, 3.05) is 26.7 Å². The number of thiazole rings is 1. The quantitative estimate of drug-likeness (QED) is 0.726. The number of esters is 1. The number of hydrogen-bond donors (Lipinski definition) is 2. The number of rotatable bonds is 6. The van der Waals surface area contributed by atoms with Crippen LogP contribution in [0.3, 0.4) is 0 Å². The lowest BCUT2D eigenvalue weighted by atomic mass is 10.1. The predicted molar refractivity (Wildman–Crippen MR) is 81.5 cm³/mol. The molecule has 1 aromatic heterocycles. The molecule has 0 spiro atoms. The van der Waals surface area contributed by atoms with E-state index in [1.165, 1.54) is 12.6 Å². The zero-order valence-corrected chi connectivity index (χ0v) is 13.9. The smallest absolute Gasteiger partial charge is 0.358 e. The minimum absolute atomic E-state index is 0. The van der Waals surface area contributed by atoms with Crippen LogP contribution in [0.15, 0.2) is 9.72 Å². The number of carbonyl (C=O) groups excluding carboxylic acids is 1. The number of hydrogen-bond acceptors (Lipinski definition) is 7. The molecule has 10 heteroatoms. The van der Waals surface area contributed by atoms with E-state index in [4.69, 9.17) is 0 Å². The van der Waals surface area contributed by atoms with Gasteiger partial charge in [0.2, 0.25) is 0 Å². The average molecular weight is 356 g/mol. The van der Waals surface area contributed by atoms with Crippen molar-refractivity contribution in [3.8, 4) is 0 Å². The van der Waals surface area contributed by atoms with Crippen LogP contribution in [0.25, 0.3) is 0 Å². The van der Waals surface area contributed by atoms with Crippen LogP contribution in [-0.4, -0.2) is 46.1 Å². The molecule has 0 amide bonds. The Morgan fingerprint density at radius 1 is 1.62 bits per heavy atom. The highest BCUT2D eigenvalue weighted by Gasteiger charge is 2.26. The number of nitrogens with one attached hydrogen (secondary N) is 2. The number of halogens is 1. The first-order valence-corrected chi connectivity index (χ1v) is 8.63. The molecule has 0 bridgehead atoms. The molecule has 2 heterocycles. The molecule has 1 aromatic rings. The standard InChI is InChI=1S/C11H17N3O4S2.ClH/c1-18-10(15)9-11(19-7-13-9)20(16,17)14-5-3-8-2-4-12-6-8;/h7-8,12,14H,2-6H2,1H3;1H. The molecule has 0 aliphatic carbocycles. The van der Waals surface area contributed by atoms with Crippen molar-refractivity contribution in [3.63, 3.8) is 0 Å². The van der Waals surface area contributed by atoms with Gasteiger partial charge in [-0.25, -0.2) is 22.9 Å². The molecule has 0 saturated carbocycles. The van der Waals surface area contributed by atoms with Crippen LogP contribution >= 0.6 is 23.7 Å². The van der Waals surface area contributed by atoms with E-state index in [2.05, 4.69) is 19.8 Å². The van der Waals surface area contributed by atoms with Gasteiger partial charge in [-0.1, -0.05) is 0 Å². The highest BCUT2D eigenvalue weighted by molar-refractivity contribution is 7.91. The molecule has 7 nitrogen and oxygen atoms in total. The van der Waals surface area contributed by atoms with Crippen molar-refractivity contribution in [3.05, 3.63) is 11.2 Å². The fourth-order valence-corrected chi connectivity index (χ4v) is 4.30. The van der Waals surface area contributed by atoms with Crippen molar-refractivity contribution < 1.29 is 17.9 Å². The van der Waals surface area contributed by atoms with Crippen LogP contribution < -0.4 is 10.0 Å². The Balaban J connectivity index is 0.00000220. The van der Waals surface area contributed by atoms with Crippen LogP contribution in [0.2, 0.25) is 0 Å². The highest BCUT2D eigenvalue weighted by Crippen LogP contribution is 2.21. The summed E-state index contributed by atoms with van der Waals surface area (Å²) in [6.45, 7) is 2.27. The largest absolute Gasteiger partial charge is 0.464 e. The molecule has 0 aromatic carbocycles. The molecular weight excluding hydrogens is 338 g/mol. The van der Waals surface area contributed by atoms with Gasteiger partial charge in [-0.3, -0.25) is 0 Å². The highest BCUT2D eigenvalue weighted by atomic mass is 35.5. The minimum Gasteiger partial charge on any atom is -0.464 e. The van der Waals surface area contributed by atoms with Gasteiger partial charge in [0.05, 0.1) is 12.6 Å². The fourth-order valence-electron chi connectivity index (χ4n) is 2.08. The Morgan fingerprint density at radius 2 is 2.38 bits per heavy atom. The summed E-state index contributed by atoms with van der Waals surface area (Å²) in [5, 5.41) is 3.23. The van der Waals surface area contributed by atoms with Gasteiger partial charge >= 0.3 is 5.97 Å². The molecule has 0 radical (unpaired) electrons. The molecule has 2 N–H and O–H groups in total. The molecule has 2 rings (SSSR count). The summed E-state index contributed by atoms with van der Waals surface area (Å²) in [6, 6.07) is 0. The summed E-state index contributed by atoms with van der Waals surface area (Å²) >= 11 is 0.908. The maximum atomic E-state index is 12.1. The number of nitrogens with zero attached hydrogens (tertiary/aromatic N) is 1. The van der Waals surface area contributed by atoms with Gasteiger partial charge in [0.25, 0.3) is 10.0 Å². The second-order valence-corrected chi connectivity index (χ2v) is 7.34. The third-order valence-corrected chi connectivity index (χ3v) is 6.00. The van der Waals surface area contributed by atoms with Crippen LogP contribution in [-0.2, 0) is 14.8 Å². The van der Waals surface area contributed by atoms with E-state index in [1.54, 1.807) is 0 Å². The number of sulfonamides is 1. The lowest BCUT2D eigenvalue weighted by molar-refractivity contribution is 0.0590. The lowest BCUT2D eigenvalue weighted by Crippen LogP contribution is -2.27. The van der Waals surface area contributed by atoms with E-state index in [-0.39, 0.29) is 22.3 Å². The van der Waals surface area contributed by atoms with Crippen LogP contribution in [0.1, 0.15) is 23.3 Å². The second kappa shape index (κ2) is 8.04. The Kier molecular flexibility index (Phi) is 7.01. The van der Waals surface area contributed by atoms with Crippen molar-refractivity contribution in [1.29, 1.82) is 0 Å². The Hall–Kier alpha value is -0.740. The van der Waals surface area contributed by atoms with Gasteiger partial charge in [-0.15, -0.1) is 23.7 Å². The van der Waals surface area contributed by atoms with Gasteiger partial charge in [0.15, 0.2) is 9.90 Å². The van der Waals surface area contributed by atoms with E-state index in [1.807, 2.05) is 0 Å². The summed E-state index contributed by atoms with van der Waals surface area (Å²) < 4.78 is 31.2. The summed E-state index contributed by atoms with van der Waals surface area (Å²) in [7, 11) is -2.52. The van der Waals surface area contributed by atoms with E-state index >= 15 is 0 Å². The molecule has 21 heavy (non-hydrogen) atoms. The molecular formula is C11H18ClN3O4S2. The van der Waals surface area contributed by atoms with Crippen molar-refractivity contribution in [2.45, 2.75) is 17.1 Å². The molecule has 1 fully saturated rings. The normalized spacial score (nSPS) is 18.2. The van der Waals surface area contributed by atoms with Gasteiger partial charge in [-0.2, -0.15) is 0 Å². The lowest BCUT2D eigenvalue weighted by Gasteiger charge is -2.09. The topological polar surface area (TPSA) is 97.4 Å². The molecule has 1 saturated heterocycles. The zero-order valence-electron chi connectivity index (χ0n) is 11.5. The van der Waals surface area contributed by atoms with Crippen LogP contribution in [0, 0.1) is 5.92 Å². The van der Waals surface area contributed by atoms with Crippen molar-refractivity contribution in [1.82, 2.24) is 15.0 Å². The number of aromatic nitrogens is 1. The summed E-state index contributed by atoms with van der Waals surface area (Å²) in [5.41, 5.74) is 1.16. The first kappa shape index (κ1) is 18.3. The number of carbonyl (C=O) groups is 1. The molecule has 1 atom stereocenters. The Morgan fingerprint density at radius 3 is 3.00 bits per heavy atom. The van der Waals surface area contributed by atoms with Crippen molar-refractivity contribution >= 4 is 39.7 Å². The van der Waals surface area contributed by atoms with Gasteiger partial charge in [-0.05, 0) is 31.8 Å². The van der Waals surface area contributed by atoms with E-state index < -0.39 is 16.0 Å². The molecule has 120 valence electrons. The maximum absolute atomic E-state index is 12.1. The number of methoxy groups -OCH3 is 1. The van der Waals surface area contributed by atoms with E-state index in [0.717, 1.165) is 37.3 Å². The molecule has 1 unspecified atom stereocenters. The SMILES string of the molecule is COC(=O)c1ncsc1S(=O)(=O)NCCC1CCNC1.Cl. The summed E-state index contributed by atoms with van der Waals surface area (Å²) in [6.07, 6.45) is 1.84. The monoisotopic (exact) mass is 355 g/mol. The first-order chi connectivity index (χ1) is 9.54. The molecule has 1 aliphatic rings. The third kappa shape index (κ3) is 4.62. The van der Waals surface area contributed by atoms with Gasteiger partial charge in [0.1, 0.15) is 0 Å². The van der Waals surface area contributed by atoms with Crippen LogP contribution in [0.4, 0.5) is 0 Å². The second-order valence-electron chi connectivity index (χ2n) is 4.53. The minimum atomic E-state index is -3.71. The average Bonchev–Trinajstić information content (AvgIpc) is 3.08. The number of ether oxygens (including phenoxy) is 1. The maximum Gasteiger partial charge on any atom is 0.358 e. The fraction of sp³-hybridized carbons (Fsp3) is 0.636. The molecule has 1 aliphatic heterocycles. The Bertz CT molecular complexity index is 570. The summed E-state index contributed by atoms with van der Waals surface area (Å²) in [4.78, 5) is 15.2. The third-order valence-electron chi connectivity index (χ3n) is 3.16. The van der Waals surface area contributed by atoms with E-state index in [9.17, 15) is 13.2 Å². The summed E-state index contributed by atoms with van der Waals surface area (Å²) in [5.74, 6) is -0.245. The van der Waals surface area contributed by atoms with Crippen LogP contribution in [0.5, 0.6) is 0 Å².